The zero-order chi connectivity index (χ0) is 28.0. The highest BCUT2D eigenvalue weighted by Gasteiger charge is 2.42. The van der Waals surface area contributed by atoms with Crippen LogP contribution < -0.4 is 0 Å². The van der Waals surface area contributed by atoms with Crippen LogP contribution >= 0.6 is 0 Å². The highest BCUT2D eigenvalue weighted by atomic mass is 16.5. The van der Waals surface area contributed by atoms with Crippen molar-refractivity contribution < 1.29 is 24.5 Å². The van der Waals surface area contributed by atoms with Gasteiger partial charge in [0, 0.05) is 32.0 Å². The van der Waals surface area contributed by atoms with Gasteiger partial charge >= 0.3 is 5.97 Å². The Morgan fingerprint density at radius 1 is 0.950 bits per heavy atom. The van der Waals surface area contributed by atoms with Crippen LogP contribution in [0.25, 0.3) is 11.0 Å². The molecule has 2 N–H and O–H groups in total. The number of rotatable bonds is 3. The summed E-state index contributed by atoms with van der Waals surface area (Å²) < 4.78 is 5.60. The lowest BCUT2D eigenvalue weighted by molar-refractivity contribution is -0.165. The van der Waals surface area contributed by atoms with Crippen molar-refractivity contribution in [1.82, 2.24) is 24.8 Å². The van der Waals surface area contributed by atoms with Gasteiger partial charge in [0.15, 0.2) is 0 Å². The van der Waals surface area contributed by atoms with Gasteiger partial charge in [0.2, 0.25) is 0 Å². The molecule has 1 amide bonds. The molecular weight excluding hydrogens is 510 g/mol. The first-order valence-electron chi connectivity index (χ1n) is 14.1. The van der Waals surface area contributed by atoms with Gasteiger partial charge in [-0.3, -0.25) is 24.5 Å². The maximum atomic E-state index is 13.4. The molecule has 10 heteroatoms. The van der Waals surface area contributed by atoms with Crippen molar-refractivity contribution in [3.05, 3.63) is 66.2 Å². The van der Waals surface area contributed by atoms with Crippen molar-refractivity contribution in [2.45, 2.75) is 57.3 Å². The number of aromatic nitrogens is 3. The predicted molar refractivity (Wildman–Crippen MR) is 148 cm³/mol. The predicted octanol–water partition coefficient (Wildman–Crippen LogP) is 2.59. The van der Waals surface area contributed by atoms with E-state index >= 15 is 0 Å². The molecule has 0 aliphatic carbocycles. The molecule has 40 heavy (non-hydrogen) atoms. The summed E-state index contributed by atoms with van der Waals surface area (Å²) in [6.45, 7) is 2.74. The highest BCUT2D eigenvalue weighted by Crippen LogP contribution is 2.38. The van der Waals surface area contributed by atoms with Crippen LogP contribution in [0, 0.1) is 5.41 Å². The van der Waals surface area contributed by atoms with E-state index in [1.54, 1.807) is 17.3 Å². The minimum absolute atomic E-state index is 0.153. The minimum Gasteiger partial charge on any atom is -0.462 e. The van der Waals surface area contributed by atoms with Crippen LogP contribution in [-0.2, 0) is 16.1 Å². The summed E-state index contributed by atoms with van der Waals surface area (Å²) in [5, 5.41) is 21.1. The Morgan fingerprint density at radius 2 is 1.70 bits per heavy atom. The van der Waals surface area contributed by atoms with E-state index in [4.69, 9.17) is 4.74 Å². The van der Waals surface area contributed by atoms with Crippen molar-refractivity contribution in [3.63, 3.8) is 0 Å². The highest BCUT2D eigenvalue weighted by molar-refractivity contribution is 5.93. The SMILES string of the molecule is O=C(c1cnc2ccccc2n1)N1CCCCC2(CCN(Cc3ccncc3)CC2)C(=O)OC[C@@H](O)[C@@H](O)CC1. The number of amides is 1. The number of cyclic esters (lactones) is 1. The second kappa shape index (κ2) is 12.8. The fourth-order valence-corrected chi connectivity index (χ4v) is 5.65. The lowest BCUT2D eigenvalue weighted by atomic mass is 9.74. The number of hydrogen-bond donors (Lipinski definition) is 2. The molecular formula is C30H37N5O5. The largest absolute Gasteiger partial charge is 0.462 e. The standard InChI is InChI=1S/C30H37N5O5/c36-26-9-16-35(28(38)25-19-32-23-5-1-2-6-24(23)33-25)15-4-3-10-30(29(39)40-21-27(26)37)11-17-34(18-12-30)20-22-7-13-31-14-8-22/h1-2,5-8,13-14,19,26-27,36-37H,3-4,9-12,15-18,20-21H2/t26-,27+/m0/s1. The Kier molecular flexibility index (Phi) is 8.98. The third-order valence-corrected chi connectivity index (χ3v) is 8.21. The lowest BCUT2D eigenvalue weighted by Gasteiger charge is -2.40. The average Bonchev–Trinajstić information content (AvgIpc) is 3.00. The van der Waals surface area contributed by atoms with Crippen LogP contribution in [0.3, 0.4) is 0 Å². The summed E-state index contributed by atoms with van der Waals surface area (Å²) in [4.78, 5) is 43.8. The van der Waals surface area contributed by atoms with E-state index in [2.05, 4.69) is 19.9 Å². The van der Waals surface area contributed by atoms with Crippen LogP contribution in [0.5, 0.6) is 0 Å². The molecule has 2 atom stereocenters. The third-order valence-electron chi connectivity index (χ3n) is 8.21. The van der Waals surface area contributed by atoms with Gasteiger partial charge < -0.3 is 19.8 Å². The molecule has 0 bridgehead atoms. The number of carbonyl (C=O) groups excluding carboxylic acids is 2. The minimum atomic E-state index is -1.23. The number of piperidine rings is 1. The molecule has 1 aromatic carbocycles. The number of benzene rings is 1. The molecule has 2 aromatic heterocycles. The molecule has 2 saturated heterocycles. The van der Waals surface area contributed by atoms with Crippen LogP contribution in [-0.4, -0.2) is 91.8 Å². The van der Waals surface area contributed by atoms with Gasteiger partial charge in [-0.2, -0.15) is 0 Å². The second-order valence-corrected chi connectivity index (χ2v) is 10.9. The molecule has 1 spiro atoms. The van der Waals surface area contributed by atoms with Crippen LogP contribution in [0.1, 0.15) is 54.6 Å². The zero-order valence-corrected chi connectivity index (χ0v) is 22.7. The number of aliphatic hydroxyl groups is 2. The monoisotopic (exact) mass is 547 g/mol. The number of pyridine rings is 1. The van der Waals surface area contributed by atoms with Crippen molar-refractivity contribution >= 4 is 22.9 Å². The molecule has 212 valence electrons. The van der Waals surface area contributed by atoms with Crippen molar-refractivity contribution in [2.24, 2.45) is 5.41 Å². The number of para-hydroxylation sites is 2. The van der Waals surface area contributed by atoms with Gasteiger partial charge in [-0.15, -0.1) is 0 Å². The van der Waals surface area contributed by atoms with E-state index in [9.17, 15) is 19.8 Å². The molecule has 2 aliphatic heterocycles. The van der Waals surface area contributed by atoms with Crippen molar-refractivity contribution in [2.75, 3.05) is 32.8 Å². The average molecular weight is 548 g/mol. The maximum absolute atomic E-state index is 13.4. The second-order valence-electron chi connectivity index (χ2n) is 10.9. The summed E-state index contributed by atoms with van der Waals surface area (Å²) in [6, 6.07) is 11.4. The van der Waals surface area contributed by atoms with E-state index in [0.717, 1.165) is 26.1 Å². The Hall–Kier alpha value is -3.47. The molecule has 2 fully saturated rings. The molecule has 5 rings (SSSR count). The Labute approximate surface area is 234 Å². The van der Waals surface area contributed by atoms with E-state index in [0.29, 0.717) is 43.3 Å². The molecule has 0 saturated carbocycles. The number of ether oxygens (including phenoxy) is 1. The fourth-order valence-electron chi connectivity index (χ4n) is 5.65. The summed E-state index contributed by atoms with van der Waals surface area (Å²) >= 11 is 0. The normalized spacial score (nSPS) is 23.1. The summed E-state index contributed by atoms with van der Waals surface area (Å²) in [5.74, 6) is -0.567. The van der Waals surface area contributed by atoms with Gasteiger partial charge in [0.1, 0.15) is 18.4 Å². The molecule has 4 heterocycles. The van der Waals surface area contributed by atoms with Gasteiger partial charge in [-0.25, -0.2) is 4.98 Å². The smallest absolute Gasteiger partial charge is 0.312 e. The molecule has 0 unspecified atom stereocenters. The molecule has 10 nitrogen and oxygen atoms in total. The van der Waals surface area contributed by atoms with Crippen LogP contribution in [0.4, 0.5) is 0 Å². The number of hydrogen-bond acceptors (Lipinski definition) is 9. The van der Waals surface area contributed by atoms with E-state index in [1.165, 1.54) is 11.8 Å². The van der Waals surface area contributed by atoms with Gasteiger partial charge in [0.05, 0.1) is 28.7 Å². The summed E-state index contributed by atoms with van der Waals surface area (Å²) in [7, 11) is 0. The molecule has 3 aromatic rings. The van der Waals surface area contributed by atoms with E-state index < -0.39 is 17.6 Å². The summed E-state index contributed by atoms with van der Waals surface area (Å²) in [6.07, 6.45) is 6.25. The third kappa shape index (κ3) is 6.63. The van der Waals surface area contributed by atoms with Crippen molar-refractivity contribution in [1.29, 1.82) is 0 Å². The van der Waals surface area contributed by atoms with E-state index in [1.807, 2.05) is 36.4 Å². The number of likely N-dealkylation sites (tertiary alicyclic amines) is 1. The maximum Gasteiger partial charge on any atom is 0.312 e. The lowest BCUT2D eigenvalue weighted by Crippen LogP contribution is -2.45. The summed E-state index contributed by atoms with van der Waals surface area (Å²) in [5.41, 5.74) is 2.13. The first-order valence-corrected chi connectivity index (χ1v) is 14.1. The topological polar surface area (TPSA) is 129 Å². The fraction of sp³-hybridized carbons (Fsp3) is 0.500. The quantitative estimate of drug-likeness (QED) is 0.476. The van der Waals surface area contributed by atoms with E-state index in [-0.39, 0.29) is 37.1 Å². The van der Waals surface area contributed by atoms with Crippen molar-refractivity contribution in [3.8, 4) is 0 Å². The number of carbonyl (C=O) groups is 2. The number of esters is 1. The van der Waals surface area contributed by atoms with Gasteiger partial charge in [0.25, 0.3) is 5.91 Å². The Balaban J connectivity index is 1.27. The zero-order valence-electron chi connectivity index (χ0n) is 22.7. The molecule has 0 radical (unpaired) electrons. The van der Waals surface area contributed by atoms with Crippen LogP contribution in [0.2, 0.25) is 0 Å². The Bertz CT molecular complexity index is 1300. The van der Waals surface area contributed by atoms with Gasteiger partial charge in [-0.05, 0) is 75.0 Å². The number of fused-ring (bicyclic) bond motifs is 1. The Morgan fingerprint density at radius 3 is 2.48 bits per heavy atom. The first-order chi connectivity index (χ1) is 19.4. The van der Waals surface area contributed by atoms with Crippen LogP contribution in [0.15, 0.2) is 55.0 Å². The number of nitrogens with zero attached hydrogens (tertiary/aromatic N) is 5. The van der Waals surface area contributed by atoms with Gasteiger partial charge in [-0.1, -0.05) is 18.6 Å². The first kappa shape index (κ1) is 28.1. The number of aliphatic hydroxyl groups excluding tert-OH is 2. The molecule has 2 aliphatic rings.